The highest BCUT2D eigenvalue weighted by atomic mass is 19.2. The first-order valence-corrected chi connectivity index (χ1v) is 8.27. The topological polar surface area (TPSA) is 58.1 Å². The van der Waals surface area contributed by atoms with Gasteiger partial charge in [-0.2, -0.15) is 22.5 Å². The third-order valence-electron chi connectivity index (χ3n) is 4.40. The number of carbonyl (C=O) groups is 1. The van der Waals surface area contributed by atoms with Crippen LogP contribution in [-0.4, -0.2) is 22.4 Å². The molecule has 0 unspecified atom stereocenters. The molecule has 0 bridgehead atoms. The molecule has 2 aromatic heterocycles. The number of aromatic nitrogens is 2. The van der Waals surface area contributed by atoms with Gasteiger partial charge in [-0.05, 0) is 42.3 Å². The molecule has 0 aliphatic carbocycles. The van der Waals surface area contributed by atoms with E-state index in [-0.39, 0.29) is 11.6 Å². The Morgan fingerprint density at radius 2 is 1.82 bits per heavy atom. The van der Waals surface area contributed by atoms with Crippen molar-refractivity contribution < 1.29 is 22.4 Å². The lowest BCUT2D eigenvalue weighted by Gasteiger charge is -2.17. The summed E-state index contributed by atoms with van der Waals surface area (Å²) in [6, 6.07) is 7.95. The average Bonchev–Trinajstić information content (AvgIpc) is 3.13. The number of benzene rings is 1. The molecule has 5 nitrogen and oxygen atoms in total. The van der Waals surface area contributed by atoms with Crippen LogP contribution < -0.4 is 10.2 Å². The molecule has 1 aliphatic rings. The molecule has 9 heteroatoms. The molecule has 0 spiro atoms. The first kappa shape index (κ1) is 17.9. The van der Waals surface area contributed by atoms with Gasteiger partial charge >= 0.3 is 0 Å². The average molecular weight is 388 g/mol. The summed E-state index contributed by atoms with van der Waals surface area (Å²) in [6.45, 7) is 0.424. The van der Waals surface area contributed by atoms with Gasteiger partial charge in [0.15, 0.2) is 0 Å². The fourth-order valence-corrected chi connectivity index (χ4v) is 3.08. The zero-order chi connectivity index (χ0) is 19.8. The van der Waals surface area contributed by atoms with Crippen LogP contribution in [0.4, 0.5) is 34.6 Å². The lowest BCUT2D eigenvalue weighted by molar-refractivity contribution is 0.0989. The number of nitrogens with one attached hydrogen (secondary N) is 1. The van der Waals surface area contributed by atoms with Crippen LogP contribution in [0.25, 0.3) is 0 Å². The first-order valence-electron chi connectivity index (χ1n) is 8.27. The van der Waals surface area contributed by atoms with Crippen molar-refractivity contribution in [1.29, 1.82) is 0 Å². The Balaban J connectivity index is 1.63. The van der Waals surface area contributed by atoms with Gasteiger partial charge in [0.25, 0.3) is 17.8 Å². The van der Waals surface area contributed by atoms with E-state index in [4.69, 9.17) is 0 Å². The maximum absolute atomic E-state index is 13.8. The highest BCUT2D eigenvalue weighted by molar-refractivity contribution is 6.07. The Kier molecular flexibility index (Phi) is 4.42. The summed E-state index contributed by atoms with van der Waals surface area (Å²) in [6.07, 6.45) is 3.55. The Bertz CT molecular complexity index is 1050. The van der Waals surface area contributed by atoms with Gasteiger partial charge in [-0.15, -0.1) is 0 Å². The maximum atomic E-state index is 13.8. The van der Waals surface area contributed by atoms with E-state index in [1.54, 1.807) is 35.4 Å². The fourth-order valence-electron chi connectivity index (χ4n) is 3.08. The van der Waals surface area contributed by atoms with E-state index in [0.29, 0.717) is 24.2 Å². The quantitative estimate of drug-likeness (QED) is 0.545. The molecule has 1 N–H and O–H groups in total. The second-order valence-corrected chi connectivity index (χ2v) is 6.11. The number of amides is 1. The van der Waals surface area contributed by atoms with Crippen molar-refractivity contribution in [3.63, 3.8) is 0 Å². The van der Waals surface area contributed by atoms with Gasteiger partial charge in [0.1, 0.15) is 5.69 Å². The second kappa shape index (κ2) is 6.91. The summed E-state index contributed by atoms with van der Waals surface area (Å²) >= 11 is 0. The number of hydrogen-bond acceptors (Lipinski definition) is 4. The molecule has 0 fully saturated rings. The largest absolute Gasteiger partial charge is 0.350 e. The number of pyridine rings is 2. The van der Waals surface area contributed by atoms with Crippen LogP contribution >= 0.6 is 0 Å². The van der Waals surface area contributed by atoms with Crippen LogP contribution in [0, 0.1) is 23.5 Å². The number of carbonyl (C=O) groups excluding carboxylic acids is 1. The molecule has 142 valence electrons. The fraction of sp³-hybridized carbons (Fsp3) is 0.105. The van der Waals surface area contributed by atoms with Crippen molar-refractivity contribution in [2.24, 2.45) is 0 Å². The monoisotopic (exact) mass is 388 g/mol. The van der Waals surface area contributed by atoms with E-state index in [9.17, 15) is 22.4 Å². The molecule has 4 rings (SSSR count). The predicted octanol–water partition coefficient (Wildman–Crippen LogP) is 3.98. The summed E-state index contributed by atoms with van der Waals surface area (Å²) in [7, 11) is 0. The van der Waals surface area contributed by atoms with E-state index >= 15 is 0 Å². The smallest absolute Gasteiger partial charge is 0.259 e. The number of nitrogens with zero attached hydrogens (tertiary/aromatic N) is 3. The molecule has 0 saturated carbocycles. The Morgan fingerprint density at radius 3 is 2.50 bits per heavy atom. The summed E-state index contributed by atoms with van der Waals surface area (Å²) in [5.74, 6) is -6.94. The van der Waals surface area contributed by atoms with Crippen LogP contribution in [0.5, 0.6) is 0 Å². The van der Waals surface area contributed by atoms with E-state index in [1.165, 1.54) is 12.3 Å². The van der Waals surface area contributed by atoms with Gasteiger partial charge in [-0.25, -0.2) is 0 Å². The predicted molar refractivity (Wildman–Crippen MR) is 93.4 cm³/mol. The molecule has 28 heavy (non-hydrogen) atoms. The summed E-state index contributed by atoms with van der Waals surface area (Å²) in [5, 5.41) is 2.34. The van der Waals surface area contributed by atoms with Crippen molar-refractivity contribution in [3.8, 4) is 0 Å². The lowest BCUT2D eigenvalue weighted by Crippen LogP contribution is -2.28. The molecule has 0 saturated heterocycles. The van der Waals surface area contributed by atoms with Crippen LogP contribution in [0.15, 0.2) is 42.7 Å². The SMILES string of the molecule is O=C(c1cccnc1)N1CCc2cc(Nc3c(F)c(F)nc(F)c3F)ccc21. The number of halogens is 4. The summed E-state index contributed by atoms with van der Waals surface area (Å²) < 4.78 is 54.1. The van der Waals surface area contributed by atoms with Gasteiger partial charge in [-0.1, -0.05) is 0 Å². The minimum absolute atomic E-state index is 0.220. The van der Waals surface area contributed by atoms with Gasteiger partial charge < -0.3 is 10.2 Å². The van der Waals surface area contributed by atoms with Gasteiger partial charge in [0, 0.05) is 30.3 Å². The summed E-state index contributed by atoms with van der Waals surface area (Å²) in [5.41, 5.74) is 1.08. The Labute approximate surface area is 156 Å². The highest BCUT2D eigenvalue weighted by Gasteiger charge is 2.26. The lowest BCUT2D eigenvalue weighted by atomic mass is 10.1. The van der Waals surface area contributed by atoms with Crippen molar-refractivity contribution in [3.05, 3.63) is 77.4 Å². The Morgan fingerprint density at radius 1 is 1.07 bits per heavy atom. The van der Waals surface area contributed by atoms with Gasteiger partial charge in [0.2, 0.25) is 11.6 Å². The number of fused-ring (bicyclic) bond motifs is 1. The Hall–Kier alpha value is -3.49. The van der Waals surface area contributed by atoms with E-state index in [2.05, 4.69) is 15.3 Å². The normalized spacial score (nSPS) is 12.8. The van der Waals surface area contributed by atoms with E-state index < -0.39 is 29.2 Å². The molecule has 0 atom stereocenters. The maximum Gasteiger partial charge on any atom is 0.259 e. The van der Waals surface area contributed by atoms with Crippen LogP contribution in [0.3, 0.4) is 0 Å². The van der Waals surface area contributed by atoms with Gasteiger partial charge in [-0.3, -0.25) is 9.78 Å². The van der Waals surface area contributed by atoms with Crippen LogP contribution in [0.1, 0.15) is 15.9 Å². The summed E-state index contributed by atoms with van der Waals surface area (Å²) in [4.78, 5) is 20.7. The molecule has 1 amide bonds. The van der Waals surface area contributed by atoms with Crippen molar-refractivity contribution >= 4 is 23.0 Å². The first-order chi connectivity index (χ1) is 13.5. The molecule has 3 heterocycles. The molecular weight excluding hydrogens is 376 g/mol. The number of hydrogen-bond donors (Lipinski definition) is 1. The minimum atomic E-state index is -1.74. The standard InChI is InChI=1S/C19H12F4N4O/c20-14-16(15(21)18(23)26-17(14)22)25-12-3-4-13-10(8-12)5-7-27(13)19(28)11-2-1-6-24-9-11/h1-4,6,8-9H,5,7H2,(H,25,26). The van der Waals surface area contributed by atoms with Crippen molar-refractivity contribution in [2.75, 3.05) is 16.8 Å². The second-order valence-electron chi connectivity index (χ2n) is 6.11. The van der Waals surface area contributed by atoms with Crippen molar-refractivity contribution in [2.45, 2.75) is 6.42 Å². The van der Waals surface area contributed by atoms with Crippen molar-refractivity contribution in [1.82, 2.24) is 9.97 Å². The molecule has 1 aliphatic heterocycles. The molecule has 3 aromatic rings. The zero-order valence-corrected chi connectivity index (χ0v) is 14.2. The van der Waals surface area contributed by atoms with Crippen LogP contribution in [-0.2, 0) is 6.42 Å². The third kappa shape index (κ3) is 3.04. The molecule has 0 radical (unpaired) electrons. The van der Waals surface area contributed by atoms with E-state index in [1.807, 2.05) is 0 Å². The minimum Gasteiger partial charge on any atom is -0.350 e. The zero-order valence-electron chi connectivity index (χ0n) is 14.2. The highest BCUT2D eigenvalue weighted by Crippen LogP contribution is 2.33. The molecular formula is C19H12F4N4O. The number of anilines is 3. The van der Waals surface area contributed by atoms with Crippen LogP contribution in [0.2, 0.25) is 0 Å². The third-order valence-corrected chi connectivity index (χ3v) is 4.40. The number of rotatable bonds is 3. The van der Waals surface area contributed by atoms with Gasteiger partial charge in [0.05, 0.1) is 5.56 Å². The molecule has 1 aromatic carbocycles. The van der Waals surface area contributed by atoms with E-state index in [0.717, 1.165) is 5.56 Å².